The van der Waals surface area contributed by atoms with Crippen LogP contribution in [0.15, 0.2) is 225 Å². The Labute approximate surface area is 358 Å². The Hall–Kier alpha value is -2.70. The van der Waals surface area contributed by atoms with Gasteiger partial charge in [0.1, 0.15) is 0 Å². The maximum atomic E-state index is 15.1. The third kappa shape index (κ3) is 11.7. The fraction of sp³-hybridized carbons (Fsp3) is 0.0667. The van der Waals surface area contributed by atoms with Gasteiger partial charge in [-0.15, -0.1) is 25.3 Å². The number of hydrogen-bond donors (Lipinski definition) is 2. The van der Waals surface area contributed by atoms with Gasteiger partial charge in [-0.25, -0.2) is 0 Å². The van der Waals surface area contributed by atoms with Crippen LogP contribution < -0.4 is 15.9 Å². The van der Waals surface area contributed by atoms with Crippen LogP contribution in [0.3, 0.4) is 0 Å². The predicted molar refractivity (Wildman–Crippen MR) is 254 cm³/mol. The van der Waals surface area contributed by atoms with Crippen LogP contribution in [0.2, 0.25) is 0 Å². The lowest BCUT2D eigenvalue weighted by Gasteiger charge is -2.20. The van der Waals surface area contributed by atoms with E-state index in [-0.39, 0.29) is 22.3 Å². The summed E-state index contributed by atoms with van der Waals surface area (Å²) in [7, 11) is -4.97. The highest BCUT2D eigenvalue weighted by Crippen LogP contribution is 2.44. The first kappa shape index (κ1) is 40.9. The predicted octanol–water partition coefficient (Wildman–Crippen LogP) is 14.5. The Morgan fingerprint density at radius 2 is 0.611 bits per heavy atom. The van der Waals surface area contributed by atoms with E-state index in [1.165, 1.54) is 19.6 Å². The molecule has 0 bridgehead atoms. The maximum absolute atomic E-state index is 15.1. The zero-order valence-electron chi connectivity index (χ0n) is 30.1. The van der Waals surface area contributed by atoms with Crippen molar-refractivity contribution in [3.63, 3.8) is 0 Å². The molecule has 0 aliphatic carbocycles. The summed E-state index contributed by atoms with van der Waals surface area (Å²) in [5, 5.41) is 2.48. The van der Waals surface area contributed by atoms with Gasteiger partial charge in [0, 0.05) is 64.9 Å². The molecule has 0 N–H and O–H groups in total. The Balaban J connectivity index is 0.00000119. The molecule has 0 aliphatic rings. The van der Waals surface area contributed by atoms with Crippen LogP contribution in [0.4, 0.5) is 0 Å². The van der Waals surface area contributed by atoms with Crippen LogP contribution in [0, 0.1) is 0 Å². The highest BCUT2D eigenvalue weighted by Gasteiger charge is 2.29. The molecule has 0 saturated heterocycles. The summed E-state index contributed by atoms with van der Waals surface area (Å²) in [6, 6.07) is 59.9. The number of benzene rings is 7. The second-order valence-corrected chi connectivity index (χ2v) is 19.7. The Morgan fingerprint density at radius 3 is 0.870 bits per heavy atom. The molecule has 7 aromatic rings. The monoisotopic (exact) mass is 861 g/mol. The van der Waals surface area contributed by atoms with E-state index in [4.69, 9.17) is 3.84 Å². The molecule has 0 unspecified atom stereocenters. The molecule has 54 heavy (non-hydrogen) atoms. The van der Waals surface area contributed by atoms with Gasteiger partial charge in [0.2, 0.25) is 0 Å². The van der Waals surface area contributed by atoms with E-state index in [1.54, 1.807) is 47.0 Å². The summed E-state index contributed by atoms with van der Waals surface area (Å²) in [6.07, 6.45) is 0. The largest absolute Gasteiger partial charge is 0.309 e. The molecule has 0 spiro atoms. The first-order chi connectivity index (χ1) is 26.1. The van der Waals surface area contributed by atoms with E-state index in [0.29, 0.717) is 0 Å². The van der Waals surface area contributed by atoms with Crippen LogP contribution in [-0.2, 0) is 4.57 Å². The third-order valence-corrected chi connectivity index (χ3v) is 15.5. The molecule has 0 fully saturated rings. The molecule has 0 aliphatic heterocycles. The maximum Gasteiger partial charge on any atom is 0.171 e. The molecule has 278 valence electrons. The normalized spacial score (nSPS) is 11.3. The highest BCUT2D eigenvalue weighted by atomic mass is 32.2. The summed E-state index contributed by atoms with van der Waals surface area (Å²) < 4.78 is 33.1. The van der Waals surface area contributed by atoms with Gasteiger partial charge in [-0.3, -0.25) is 0 Å². The van der Waals surface area contributed by atoms with Crippen LogP contribution in [0.25, 0.3) is 0 Å². The minimum atomic E-state index is -3.10. The summed E-state index contributed by atoms with van der Waals surface area (Å²) in [4.78, 5) is 11.2. The lowest BCUT2D eigenvalue weighted by Crippen LogP contribution is -2.24. The molecule has 0 saturated carbocycles. The molecule has 9 heteroatoms. The van der Waals surface area contributed by atoms with Gasteiger partial charge in [0.15, 0.2) is 7.14 Å². The van der Waals surface area contributed by atoms with E-state index in [0.717, 1.165) is 45.3 Å². The average molecular weight is 862 g/mol. The zero-order valence-corrected chi connectivity index (χ0v) is 33.9. The highest BCUT2D eigenvalue weighted by molar-refractivity contribution is 8.00. The van der Waals surface area contributed by atoms with Crippen molar-refractivity contribution >= 4 is 105 Å². The van der Waals surface area contributed by atoms with Gasteiger partial charge in [0.25, 0.3) is 0 Å². The first-order valence-corrected chi connectivity index (χ1v) is 21.6. The molecular formula is C45H46OP2S6. The summed E-state index contributed by atoms with van der Waals surface area (Å²) in [6.45, 7) is 0. The van der Waals surface area contributed by atoms with E-state index >= 15 is 4.57 Å². The lowest BCUT2D eigenvalue weighted by molar-refractivity contribution is 0.592. The van der Waals surface area contributed by atoms with Gasteiger partial charge in [-0.05, 0) is 146 Å². The second kappa shape index (κ2) is 21.6. The Morgan fingerprint density at radius 1 is 0.407 bits per heavy atom. The minimum Gasteiger partial charge on any atom is -0.309 e. The average Bonchev–Trinajstić information content (AvgIpc) is 3.18. The molecule has 7 rings (SSSR count). The number of hydrogen-bond acceptors (Lipinski definition) is 7. The molecule has 0 radical (unpaired) electrons. The van der Waals surface area contributed by atoms with Gasteiger partial charge in [0.05, 0.1) is 3.84 Å². The molecule has 0 amide bonds. The van der Waals surface area contributed by atoms with Crippen molar-refractivity contribution < 1.29 is 4.57 Å². The van der Waals surface area contributed by atoms with Gasteiger partial charge < -0.3 is 4.57 Å². The quantitative estimate of drug-likeness (QED) is 0.0993. The molecule has 7 aromatic carbocycles. The van der Waals surface area contributed by atoms with Crippen molar-refractivity contribution in [1.82, 2.24) is 0 Å². The van der Waals surface area contributed by atoms with E-state index < -0.39 is 16.9 Å². The van der Waals surface area contributed by atoms with Crippen LogP contribution in [-0.4, -0.2) is 3.84 Å². The second-order valence-electron chi connectivity index (χ2n) is 11.3. The van der Waals surface area contributed by atoms with Crippen molar-refractivity contribution in [2.24, 2.45) is 0 Å². The van der Waals surface area contributed by atoms with Gasteiger partial charge in [-0.2, -0.15) is 9.73 Å². The smallest absolute Gasteiger partial charge is 0.171 e. The van der Waals surface area contributed by atoms with Crippen molar-refractivity contribution in [3.05, 3.63) is 176 Å². The minimum absolute atomic E-state index is 0. The Bertz CT molecular complexity index is 2140. The molecule has 0 atom stereocenters. The van der Waals surface area contributed by atoms with Gasteiger partial charge in [-0.1, -0.05) is 99.7 Å². The van der Waals surface area contributed by atoms with Crippen molar-refractivity contribution in [1.29, 1.82) is 3.84 Å². The van der Waals surface area contributed by atoms with Crippen molar-refractivity contribution in [3.8, 4) is 0 Å². The van der Waals surface area contributed by atoms with E-state index in [1.807, 2.05) is 78.9 Å². The van der Waals surface area contributed by atoms with Crippen LogP contribution in [0.5, 0.6) is 0 Å². The standard InChI is InChI=1S/C42H31OPS6.3CH4.H3P/c43-44(30-4-2-1-3-5-30,31-6-14-35(15-7-31)47-39-22-26-41(27-23-39)49-37-18-10-33(45)11-19-37)32-8-16-36(17-9-32)48-40-24-28-42(29-25-40)50-38-20-12-34(46)13-21-38;;;;/h1-29,45-46H;3*1H4;1H3/i;;;;1T2D. The fourth-order valence-electron chi connectivity index (χ4n) is 5.26. The topological polar surface area (TPSA) is 17.1 Å². The van der Waals surface area contributed by atoms with Crippen molar-refractivity contribution in [2.45, 2.75) is 71.2 Å². The van der Waals surface area contributed by atoms with Crippen LogP contribution >= 0.6 is 89.2 Å². The van der Waals surface area contributed by atoms with E-state index in [9.17, 15) is 0 Å². The van der Waals surface area contributed by atoms with E-state index in [2.05, 4.69) is 122 Å². The van der Waals surface area contributed by atoms with Crippen LogP contribution in [0.1, 0.15) is 22.3 Å². The molecule has 0 heterocycles. The first-order valence-electron chi connectivity index (χ1n) is 17.1. The number of rotatable bonds is 11. The molecule has 0 aromatic heterocycles. The molecule has 1 nitrogen and oxygen atoms in total. The lowest BCUT2D eigenvalue weighted by atomic mass is 10.3. The zero-order chi connectivity index (χ0) is 37.9. The Kier molecular flexibility index (Phi) is 16.3. The summed E-state index contributed by atoms with van der Waals surface area (Å²) in [5.41, 5.74) is 0. The molecular weight excluding hydrogens is 811 g/mol. The van der Waals surface area contributed by atoms with Gasteiger partial charge >= 0.3 is 0 Å². The summed E-state index contributed by atoms with van der Waals surface area (Å²) >= 11 is 15.6. The fourth-order valence-corrected chi connectivity index (χ4v) is 11.4. The number of thiol groups is 2. The third-order valence-electron chi connectivity index (χ3n) is 7.78. The SMILES string of the molecule is C.C.C.O=P(c1ccccc1)(c1ccc(Sc2ccc(Sc3ccc(S)cc3)cc2)cc1)c1ccc(Sc2ccc(Sc3ccc(S)cc3)cc2)cc1.[2H]P([3H])[3H]. The van der Waals surface area contributed by atoms with Crippen molar-refractivity contribution in [2.75, 3.05) is 0 Å². The summed E-state index contributed by atoms with van der Waals surface area (Å²) in [5.74, 6) is 0.